The van der Waals surface area contributed by atoms with Gasteiger partial charge in [0.2, 0.25) is 0 Å². The molecule has 3 nitrogen and oxygen atoms in total. The number of hydrogen-bond acceptors (Lipinski definition) is 2. The Kier molecular flexibility index (Phi) is 6.29. The van der Waals surface area contributed by atoms with Crippen LogP contribution in [0.1, 0.15) is 16.8 Å². The Morgan fingerprint density at radius 3 is 2.84 bits per heavy atom. The number of carbonyl (C=O) groups excluding carboxylic acids is 1. The minimum Gasteiger partial charge on any atom is -0.337 e. The van der Waals surface area contributed by atoms with Crippen molar-refractivity contribution in [2.24, 2.45) is 0 Å². The lowest BCUT2D eigenvalue weighted by Gasteiger charge is -2.24. The van der Waals surface area contributed by atoms with Crippen LogP contribution in [0.25, 0.3) is 0 Å². The van der Waals surface area contributed by atoms with Crippen LogP contribution >= 0.6 is 46.6 Å². The number of halogens is 4. The van der Waals surface area contributed by atoms with Crippen LogP contribution in [0.15, 0.2) is 12.1 Å². The molecule has 0 radical (unpaired) electrons. The SMILES string of the molecule is CN(C(=O)c1cc(I)c(F)cc1Cl)[C@@H]1CCNC1.Cl. The fourth-order valence-electron chi connectivity index (χ4n) is 2.01. The first-order valence-electron chi connectivity index (χ1n) is 5.63. The van der Waals surface area contributed by atoms with E-state index in [1.54, 1.807) is 11.9 Å². The molecule has 0 unspecified atom stereocenters. The molecule has 106 valence electrons. The number of nitrogens with zero attached hydrogens (tertiary/aromatic N) is 1. The van der Waals surface area contributed by atoms with E-state index in [1.165, 1.54) is 12.1 Å². The second-order valence-corrected chi connectivity index (χ2v) is 5.88. The largest absolute Gasteiger partial charge is 0.337 e. The summed E-state index contributed by atoms with van der Waals surface area (Å²) in [5.41, 5.74) is 0.358. The van der Waals surface area contributed by atoms with Gasteiger partial charge < -0.3 is 10.2 Å². The number of amides is 1. The summed E-state index contributed by atoms with van der Waals surface area (Å²) in [6.45, 7) is 1.70. The molecule has 0 aromatic heterocycles. The fraction of sp³-hybridized carbons (Fsp3) is 0.417. The van der Waals surface area contributed by atoms with E-state index in [1.807, 2.05) is 22.6 Å². The molecule has 0 saturated carbocycles. The Morgan fingerprint density at radius 1 is 1.58 bits per heavy atom. The maximum absolute atomic E-state index is 13.3. The van der Waals surface area contributed by atoms with Crippen LogP contribution in [-0.2, 0) is 0 Å². The Bertz CT molecular complexity index is 481. The zero-order chi connectivity index (χ0) is 13.3. The molecule has 1 aromatic rings. The Morgan fingerprint density at radius 2 is 2.26 bits per heavy atom. The van der Waals surface area contributed by atoms with Crippen molar-refractivity contribution in [1.82, 2.24) is 10.2 Å². The van der Waals surface area contributed by atoms with E-state index in [0.717, 1.165) is 19.5 Å². The van der Waals surface area contributed by atoms with Crippen LogP contribution in [0.4, 0.5) is 4.39 Å². The summed E-state index contributed by atoms with van der Waals surface area (Å²) in [5.74, 6) is -0.561. The molecule has 1 saturated heterocycles. The molecule has 1 amide bonds. The molecular formula is C12H14Cl2FIN2O. The molecule has 0 bridgehead atoms. The van der Waals surface area contributed by atoms with Gasteiger partial charge in [0, 0.05) is 23.2 Å². The quantitative estimate of drug-likeness (QED) is 0.591. The van der Waals surface area contributed by atoms with Gasteiger partial charge in [-0.3, -0.25) is 4.79 Å². The molecule has 2 rings (SSSR count). The maximum Gasteiger partial charge on any atom is 0.255 e. The topological polar surface area (TPSA) is 32.3 Å². The molecule has 1 N–H and O–H groups in total. The average molecular weight is 419 g/mol. The van der Waals surface area contributed by atoms with Gasteiger partial charge in [0.1, 0.15) is 5.82 Å². The van der Waals surface area contributed by atoms with Gasteiger partial charge in [0.15, 0.2) is 0 Å². The average Bonchev–Trinajstić information content (AvgIpc) is 2.85. The zero-order valence-electron chi connectivity index (χ0n) is 10.3. The number of nitrogens with one attached hydrogen (secondary N) is 1. The summed E-state index contributed by atoms with van der Waals surface area (Å²) in [6, 6.07) is 2.87. The van der Waals surface area contributed by atoms with Crippen LogP contribution in [0, 0.1) is 9.39 Å². The molecule has 0 spiro atoms. The summed E-state index contributed by atoms with van der Waals surface area (Å²) in [6.07, 6.45) is 0.929. The van der Waals surface area contributed by atoms with E-state index in [4.69, 9.17) is 11.6 Å². The summed E-state index contributed by atoms with van der Waals surface area (Å²) in [5, 5.41) is 3.37. The first kappa shape index (κ1) is 16.9. The molecule has 1 heterocycles. The lowest BCUT2D eigenvalue weighted by Crippen LogP contribution is -2.38. The van der Waals surface area contributed by atoms with E-state index in [0.29, 0.717) is 9.13 Å². The van der Waals surface area contributed by atoms with Crippen LogP contribution in [0.2, 0.25) is 5.02 Å². The lowest BCUT2D eigenvalue weighted by atomic mass is 10.1. The van der Waals surface area contributed by atoms with Crippen molar-refractivity contribution < 1.29 is 9.18 Å². The number of benzene rings is 1. The second-order valence-electron chi connectivity index (χ2n) is 4.31. The molecule has 1 aliphatic heterocycles. The van der Waals surface area contributed by atoms with E-state index in [2.05, 4.69) is 5.32 Å². The van der Waals surface area contributed by atoms with Gasteiger partial charge in [-0.2, -0.15) is 0 Å². The van der Waals surface area contributed by atoms with E-state index in [9.17, 15) is 9.18 Å². The summed E-state index contributed by atoms with van der Waals surface area (Å²) in [4.78, 5) is 14.0. The van der Waals surface area contributed by atoms with E-state index < -0.39 is 5.82 Å². The third kappa shape index (κ3) is 3.71. The second kappa shape index (κ2) is 7.06. The molecule has 1 fully saturated rings. The van der Waals surface area contributed by atoms with Crippen molar-refractivity contribution in [3.05, 3.63) is 32.1 Å². The van der Waals surface area contributed by atoms with Crippen LogP contribution in [-0.4, -0.2) is 37.0 Å². The number of hydrogen-bond donors (Lipinski definition) is 1. The molecular weight excluding hydrogens is 405 g/mol. The van der Waals surface area contributed by atoms with Crippen LogP contribution in [0.5, 0.6) is 0 Å². The molecule has 19 heavy (non-hydrogen) atoms. The van der Waals surface area contributed by atoms with Gasteiger partial charge in [-0.05, 0) is 47.7 Å². The fourth-order valence-corrected chi connectivity index (χ4v) is 2.71. The van der Waals surface area contributed by atoms with E-state index in [-0.39, 0.29) is 29.4 Å². The van der Waals surface area contributed by atoms with Crippen LogP contribution in [0.3, 0.4) is 0 Å². The predicted molar refractivity (Wildman–Crippen MR) is 84.7 cm³/mol. The van der Waals surface area contributed by atoms with Crippen molar-refractivity contribution in [3.8, 4) is 0 Å². The number of likely N-dealkylation sites (N-methyl/N-ethyl adjacent to an activating group) is 1. The Labute approximate surface area is 136 Å². The molecule has 1 atom stereocenters. The van der Waals surface area contributed by atoms with Crippen molar-refractivity contribution >= 4 is 52.5 Å². The molecule has 0 aliphatic carbocycles. The smallest absolute Gasteiger partial charge is 0.255 e. The summed E-state index contributed by atoms with van der Waals surface area (Å²) in [7, 11) is 1.76. The van der Waals surface area contributed by atoms with Crippen molar-refractivity contribution in [1.29, 1.82) is 0 Å². The minimum atomic E-state index is -0.401. The van der Waals surface area contributed by atoms with Gasteiger partial charge in [0.05, 0.1) is 10.6 Å². The first-order valence-corrected chi connectivity index (χ1v) is 7.09. The highest BCUT2D eigenvalue weighted by molar-refractivity contribution is 14.1. The van der Waals surface area contributed by atoms with Gasteiger partial charge in [-0.15, -0.1) is 12.4 Å². The standard InChI is InChI=1S/C12H13ClFIN2O.ClH/c1-17(7-2-3-16-6-7)12(18)8-4-11(15)10(14)5-9(8)13;/h4-5,7,16H,2-3,6H2,1H3;1H/t7-;/m1./s1. The Hall–Kier alpha value is -0.110. The van der Waals surface area contributed by atoms with Crippen molar-refractivity contribution in [3.63, 3.8) is 0 Å². The Balaban J connectivity index is 0.00000180. The highest BCUT2D eigenvalue weighted by Crippen LogP contribution is 2.24. The third-order valence-corrected chi connectivity index (χ3v) is 4.28. The molecule has 1 aliphatic rings. The number of rotatable bonds is 2. The highest BCUT2D eigenvalue weighted by atomic mass is 127. The minimum absolute atomic E-state index is 0. The van der Waals surface area contributed by atoms with Crippen molar-refractivity contribution in [2.45, 2.75) is 12.5 Å². The molecule has 7 heteroatoms. The number of carbonyl (C=O) groups is 1. The third-order valence-electron chi connectivity index (χ3n) is 3.14. The van der Waals surface area contributed by atoms with Gasteiger partial charge in [-0.25, -0.2) is 4.39 Å². The summed E-state index contributed by atoms with van der Waals surface area (Å²) >= 11 is 7.80. The van der Waals surface area contributed by atoms with Gasteiger partial charge in [-0.1, -0.05) is 11.6 Å². The van der Waals surface area contributed by atoms with E-state index >= 15 is 0 Å². The summed E-state index contributed by atoms with van der Waals surface area (Å²) < 4.78 is 13.7. The first-order chi connectivity index (χ1) is 8.50. The van der Waals surface area contributed by atoms with Gasteiger partial charge >= 0.3 is 0 Å². The van der Waals surface area contributed by atoms with Crippen molar-refractivity contribution in [2.75, 3.05) is 20.1 Å². The highest BCUT2D eigenvalue weighted by Gasteiger charge is 2.25. The normalized spacial score (nSPS) is 18.0. The lowest BCUT2D eigenvalue weighted by molar-refractivity contribution is 0.0744. The van der Waals surface area contributed by atoms with Crippen LogP contribution < -0.4 is 5.32 Å². The monoisotopic (exact) mass is 418 g/mol. The predicted octanol–water partition coefficient (Wildman–Crippen LogP) is 2.94. The van der Waals surface area contributed by atoms with Gasteiger partial charge in [0.25, 0.3) is 5.91 Å². The zero-order valence-corrected chi connectivity index (χ0v) is 14.0. The molecule has 1 aromatic carbocycles. The maximum atomic E-state index is 13.3.